The van der Waals surface area contributed by atoms with Gasteiger partial charge in [0.2, 0.25) is 0 Å². The second-order valence-corrected chi connectivity index (χ2v) is 8.70. The van der Waals surface area contributed by atoms with E-state index in [1.54, 1.807) is 0 Å². The quantitative estimate of drug-likeness (QED) is 0.154. The number of hydrogen-bond acceptors (Lipinski definition) is 4. The Morgan fingerprint density at radius 1 is 1.00 bits per heavy atom. The number of methoxy groups -OCH3 is 1. The van der Waals surface area contributed by atoms with E-state index in [9.17, 15) is 9.00 Å². The molecule has 0 heterocycles. The fourth-order valence-corrected chi connectivity index (χ4v) is 4.89. The summed E-state index contributed by atoms with van der Waals surface area (Å²) in [5, 5.41) is 1.99. The zero-order chi connectivity index (χ0) is 22.8. The van der Waals surface area contributed by atoms with Crippen LogP contribution in [0.25, 0.3) is 10.8 Å². The molecule has 1 unspecified atom stereocenters. The van der Waals surface area contributed by atoms with Crippen molar-refractivity contribution >= 4 is 27.5 Å². The van der Waals surface area contributed by atoms with Gasteiger partial charge in [0, 0.05) is 0 Å². The van der Waals surface area contributed by atoms with Crippen LogP contribution in [0.3, 0.4) is 0 Å². The lowest BCUT2D eigenvalue weighted by Gasteiger charge is -2.21. The van der Waals surface area contributed by atoms with Crippen LogP contribution in [-0.2, 0) is 25.1 Å². The summed E-state index contributed by atoms with van der Waals surface area (Å²) < 4.78 is 24.6. The number of esters is 1. The molecule has 0 fully saturated rings. The molecule has 0 aliphatic carbocycles. The normalized spacial score (nSPS) is 13.8. The van der Waals surface area contributed by atoms with Crippen molar-refractivity contribution in [2.75, 3.05) is 7.11 Å². The van der Waals surface area contributed by atoms with E-state index >= 15 is 0 Å². The van der Waals surface area contributed by atoms with Gasteiger partial charge in [-0.15, -0.1) is 0 Å². The Balaban J connectivity index is 2.07. The average molecular weight is 449 g/mol. The lowest BCUT2D eigenvalue weighted by Crippen LogP contribution is -2.11. The summed E-state index contributed by atoms with van der Waals surface area (Å²) >= 11 is 0. The van der Waals surface area contributed by atoms with Crippen molar-refractivity contribution in [3.63, 3.8) is 0 Å². The van der Waals surface area contributed by atoms with Gasteiger partial charge in [0.15, 0.2) is 6.10 Å². The maximum Gasteiger partial charge on any atom is 0.333 e. The molecule has 2 atom stereocenters. The Morgan fingerprint density at radius 3 is 2.47 bits per heavy atom. The standard InChI is InChI=1S/C27H28O4S/c1-3-4-6-17-25(32(29)24-18-11-15-21-12-9-10-16-23(21)24)27(22-13-7-5-8-14-22)31-20-19-26(28)30-2/h5,7-20,27H,3-4,6H2,1-2H3/b20-19+,25-17+/t27-,32?/m1/s1. The van der Waals surface area contributed by atoms with Gasteiger partial charge in [-0.25, -0.2) is 9.00 Å². The highest BCUT2D eigenvalue weighted by atomic mass is 32.2. The molecular formula is C27H28O4S. The van der Waals surface area contributed by atoms with E-state index in [4.69, 9.17) is 4.74 Å². The molecule has 3 aromatic carbocycles. The largest absolute Gasteiger partial charge is 0.488 e. The van der Waals surface area contributed by atoms with Crippen LogP contribution in [0, 0.1) is 0 Å². The van der Waals surface area contributed by atoms with E-state index in [0.29, 0.717) is 4.91 Å². The van der Waals surface area contributed by atoms with Gasteiger partial charge < -0.3 is 9.47 Å². The first-order chi connectivity index (χ1) is 15.7. The summed E-state index contributed by atoms with van der Waals surface area (Å²) in [7, 11) is -0.147. The van der Waals surface area contributed by atoms with Crippen molar-refractivity contribution in [1.29, 1.82) is 0 Å². The molecule has 0 N–H and O–H groups in total. The maximum absolute atomic E-state index is 14.0. The van der Waals surface area contributed by atoms with Crippen LogP contribution in [0.1, 0.15) is 37.9 Å². The molecule has 5 heteroatoms. The molecule has 166 valence electrons. The fraction of sp³-hybridized carbons (Fsp3) is 0.222. The molecule has 0 radical (unpaired) electrons. The number of carbonyl (C=O) groups is 1. The topological polar surface area (TPSA) is 52.6 Å². The summed E-state index contributed by atoms with van der Waals surface area (Å²) in [6.45, 7) is 2.12. The SMILES string of the molecule is CCCC/C=C(\[C@H](O/C=C/C(=O)OC)c1ccccc1)S(=O)c1cccc2ccccc12. The summed E-state index contributed by atoms with van der Waals surface area (Å²) in [4.78, 5) is 13.0. The first kappa shape index (κ1) is 23.5. The van der Waals surface area contributed by atoms with Crippen LogP contribution in [-0.4, -0.2) is 17.3 Å². The first-order valence-corrected chi connectivity index (χ1v) is 11.8. The second-order valence-electron chi connectivity index (χ2n) is 7.25. The molecule has 0 saturated heterocycles. The smallest absolute Gasteiger partial charge is 0.333 e. The van der Waals surface area contributed by atoms with Gasteiger partial charge in [-0.05, 0) is 28.8 Å². The van der Waals surface area contributed by atoms with Gasteiger partial charge in [0.1, 0.15) is 0 Å². The van der Waals surface area contributed by atoms with Crippen LogP contribution in [0.15, 0.2) is 101 Å². The number of hydrogen-bond donors (Lipinski definition) is 0. The van der Waals surface area contributed by atoms with Crippen molar-refractivity contribution in [3.8, 4) is 0 Å². The monoisotopic (exact) mass is 448 g/mol. The molecule has 0 spiro atoms. The predicted molar refractivity (Wildman–Crippen MR) is 129 cm³/mol. The van der Waals surface area contributed by atoms with E-state index in [0.717, 1.165) is 40.5 Å². The maximum atomic E-state index is 14.0. The number of rotatable bonds is 10. The van der Waals surface area contributed by atoms with E-state index in [1.165, 1.54) is 19.4 Å². The van der Waals surface area contributed by atoms with Crippen LogP contribution in [0.2, 0.25) is 0 Å². The third kappa shape index (κ3) is 5.95. The molecule has 3 rings (SSSR count). The Kier molecular flexibility index (Phi) is 8.81. The molecule has 0 saturated carbocycles. The number of carbonyl (C=O) groups excluding carboxylic acids is 1. The van der Waals surface area contributed by atoms with E-state index < -0.39 is 22.9 Å². The Morgan fingerprint density at radius 2 is 1.72 bits per heavy atom. The van der Waals surface area contributed by atoms with Crippen molar-refractivity contribution < 1.29 is 18.5 Å². The summed E-state index contributed by atoms with van der Waals surface area (Å²) in [6.07, 6.45) is 6.76. The molecule has 0 amide bonds. The van der Waals surface area contributed by atoms with Gasteiger partial charge in [-0.3, -0.25) is 0 Å². The van der Waals surface area contributed by atoms with E-state index in [2.05, 4.69) is 11.7 Å². The average Bonchev–Trinajstić information content (AvgIpc) is 2.84. The molecular weight excluding hydrogens is 420 g/mol. The van der Waals surface area contributed by atoms with Crippen LogP contribution in [0.5, 0.6) is 0 Å². The Hall–Kier alpha value is -3.18. The highest BCUT2D eigenvalue weighted by Gasteiger charge is 2.25. The van der Waals surface area contributed by atoms with Crippen molar-refractivity contribution in [2.24, 2.45) is 0 Å². The minimum absolute atomic E-state index is 0.511. The Labute approximate surface area is 192 Å². The van der Waals surface area contributed by atoms with Crippen molar-refractivity contribution in [3.05, 3.63) is 102 Å². The molecule has 0 aliphatic heterocycles. The van der Waals surface area contributed by atoms with Crippen molar-refractivity contribution in [2.45, 2.75) is 37.2 Å². The number of benzene rings is 3. The van der Waals surface area contributed by atoms with E-state index in [-0.39, 0.29) is 0 Å². The predicted octanol–water partition coefficient (Wildman–Crippen LogP) is 6.47. The lowest BCUT2D eigenvalue weighted by molar-refractivity contribution is -0.135. The van der Waals surface area contributed by atoms with Crippen LogP contribution >= 0.6 is 0 Å². The number of allylic oxidation sites excluding steroid dienone is 1. The number of ether oxygens (including phenoxy) is 2. The Bertz CT molecular complexity index is 1110. The van der Waals surface area contributed by atoms with Gasteiger partial charge >= 0.3 is 5.97 Å². The summed E-state index contributed by atoms with van der Waals surface area (Å²) in [6, 6.07) is 23.4. The van der Waals surface area contributed by atoms with Gasteiger partial charge in [-0.1, -0.05) is 92.6 Å². The van der Waals surface area contributed by atoms with Crippen LogP contribution < -0.4 is 0 Å². The van der Waals surface area contributed by atoms with Gasteiger partial charge in [-0.2, -0.15) is 0 Å². The highest BCUT2D eigenvalue weighted by molar-refractivity contribution is 7.89. The third-order valence-corrected chi connectivity index (χ3v) is 6.61. The minimum atomic E-state index is -1.46. The van der Waals surface area contributed by atoms with E-state index in [1.807, 2.05) is 78.9 Å². The first-order valence-electron chi connectivity index (χ1n) is 10.7. The summed E-state index contributed by atoms with van der Waals surface area (Å²) in [5.74, 6) is -0.511. The lowest BCUT2D eigenvalue weighted by atomic mass is 10.1. The highest BCUT2D eigenvalue weighted by Crippen LogP contribution is 2.34. The number of fused-ring (bicyclic) bond motifs is 1. The number of unbranched alkanes of at least 4 members (excludes halogenated alkanes) is 2. The molecule has 0 aliphatic rings. The zero-order valence-electron chi connectivity index (χ0n) is 18.4. The zero-order valence-corrected chi connectivity index (χ0v) is 19.2. The molecule has 0 bridgehead atoms. The van der Waals surface area contributed by atoms with Gasteiger partial charge in [0.25, 0.3) is 0 Å². The molecule has 3 aromatic rings. The molecule has 4 nitrogen and oxygen atoms in total. The fourth-order valence-electron chi connectivity index (χ4n) is 3.39. The second kappa shape index (κ2) is 12.0. The van der Waals surface area contributed by atoms with Crippen LogP contribution in [0.4, 0.5) is 0 Å². The third-order valence-electron chi connectivity index (χ3n) is 5.05. The summed E-state index contributed by atoms with van der Waals surface area (Å²) in [5.41, 5.74) is 0.860. The molecule has 0 aromatic heterocycles. The minimum Gasteiger partial charge on any atom is -0.488 e. The van der Waals surface area contributed by atoms with Gasteiger partial charge in [0.05, 0.1) is 40.0 Å². The van der Waals surface area contributed by atoms with Crippen molar-refractivity contribution in [1.82, 2.24) is 0 Å². The molecule has 32 heavy (non-hydrogen) atoms.